The molecule has 2 aromatic rings. The Morgan fingerprint density at radius 1 is 1.13 bits per heavy atom. The topological polar surface area (TPSA) is 51.0 Å². The van der Waals surface area contributed by atoms with Gasteiger partial charge in [0, 0.05) is 12.4 Å². The minimum Gasteiger partial charge on any atom is -0.710 e. The minimum atomic E-state index is 0.538. The van der Waals surface area contributed by atoms with Gasteiger partial charge in [0.2, 0.25) is 0 Å². The Hall–Kier alpha value is -1.97. The molecule has 0 unspecified atom stereocenters. The van der Waals surface area contributed by atoms with Crippen LogP contribution in [0.3, 0.4) is 0 Å². The van der Waals surface area contributed by atoms with E-state index in [1.54, 1.807) is 14.1 Å². The Labute approximate surface area is 88.1 Å². The number of benzene rings is 1. The largest absolute Gasteiger partial charge is 0.710 e. The summed E-state index contributed by atoms with van der Waals surface area (Å²) in [6.45, 7) is 0. The van der Waals surface area contributed by atoms with Crippen LogP contribution in [0.1, 0.15) is 0 Å². The summed E-state index contributed by atoms with van der Waals surface area (Å²) in [5.74, 6) is 0.538. The molecule has 78 valence electrons. The molecule has 4 heteroatoms. The molecule has 0 radical (unpaired) electrons. The summed E-state index contributed by atoms with van der Waals surface area (Å²) in [5, 5.41) is 18.8. The average Bonchev–Trinajstić information content (AvgIpc) is 2.29. The monoisotopic (exact) mass is 203 g/mol. The third-order valence-corrected chi connectivity index (χ3v) is 2.42. The van der Waals surface area contributed by atoms with E-state index in [9.17, 15) is 5.21 Å². The zero-order chi connectivity index (χ0) is 10.8. The van der Waals surface area contributed by atoms with Crippen LogP contribution in [0.15, 0.2) is 30.3 Å². The molecular weight excluding hydrogens is 190 g/mol. The number of hydrogen-bond acceptors (Lipinski definition) is 3. The lowest BCUT2D eigenvalue weighted by molar-refractivity contribution is -0.560. The molecule has 0 spiro atoms. The lowest BCUT2D eigenvalue weighted by Gasteiger charge is -2.14. The van der Waals surface area contributed by atoms with Gasteiger partial charge in [0.25, 0.3) is 0 Å². The van der Waals surface area contributed by atoms with Gasteiger partial charge in [-0.2, -0.15) is 0 Å². The third kappa shape index (κ3) is 1.44. The fourth-order valence-electron chi connectivity index (χ4n) is 1.68. The van der Waals surface area contributed by atoms with Gasteiger partial charge in [0.1, 0.15) is 11.2 Å². The molecule has 0 aliphatic carbocycles. The van der Waals surface area contributed by atoms with Crippen molar-refractivity contribution in [3.8, 4) is 0 Å². The second-order valence-corrected chi connectivity index (χ2v) is 3.26. The number of anilines is 2. The van der Waals surface area contributed by atoms with Gasteiger partial charge in [-0.1, -0.05) is 18.2 Å². The Morgan fingerprint density at radius 3 is 2.53 bits per heavy atom. The van der Waals surface area contributed by atoms with Crippen LogP contribution in [0.4, 0.5) is 11.5 Å². The Bertz CT molecular complexity index is 496. The summed E-state index contributed by atoms with van der Waals surface area (Å²) in [7, 11) is 3.53. The first-order valence-corrected chi connectivity index (χ1v) is 4.78. The minimum absolute atomic E-state index is 0.538. The number of pyridine rings is 1. The van der Waals surface area contributed by atoms with Crippen LogP contribution in [-0.4, -0.2) is 14.1 Å². The molecule has 0 atom stereocenters. The summed E-state index contributed by atoms with van der Waals surface area (Å²) < 4.78 is 0.904. The molecular formula is C11H13N3O. The quantitative estimate of drug-likeness (QED) is 0.575. The lowest BCUT2D eigenvalue weighted by Crippen LogP contribution is -2.31. The molecule has 0 aliphatic heterocycles. The van der Waals surface area contributed by atoms with Crippen molar-refractivity contribution in [3.63, 3.8) is 0 Å². The first kappa shape index (κ1) is 9.58. The van der Waals surface area contributed by atoms with Gasteiger partial charge >= 0.3 is 5.82 Å². The fourth-order valence-corrected chi connectivity index (χ4v) is 1.68. The number of nitrogens with one attached hydrogen (secondary N) is 2. The fraction of sp³-hybridized carbons (Fsp3) is 0.182. The molecule has 1 aromatic heterocycles. The summed E-state index contributed by atoms with van der Waals surface area (Å²) in [6.07, 6.45) is 0. The molecule has 0 saturated heterocycles. The predicted molar refractivity (Wildman–Crippen MR) is 62.0 cm³/mol. The normalized spacial score (nSPS) is 10.3. The maximum Gasteiger partial charge on any atom is 0.301 e. The van der Waals surface area contributed by atoms with E-state index in [1.165, 1.54) is 0 Å². The van der Waals surface area contributed by atoms with Gasteiger partial charge in [-0.25, -0.2) is 4.73 Å². The van der Waals surface area contributed by atoms with Crippen molar-refractivity contribution in [3.05, 3.63) is 35.5 Å². The van der Waals surface area contributed by atoms with Crippen LogP contribution >= 0.6 is 0 Å². The van der Waals surface area contributed by atoms with Gasteiger partial charge in [-0.15, -0.1) is 0 Å². The number of aromatic nitrogens is 1. The van der Waals surface area contributed by atoms with Gasteiger partial charge in [-0.3, -0.25) is 5.32 Å². The molecule has 15 heavy (non-hydrogen) atoms. The number of rotatable bonds is 2. The van der Waals surface area contributed by atoms with E-state index in [0.717, 1.165) is 15.8 Å². The zero-order valence-electron chi connectivity index (χ0n) is 8.74. The lowest BCUT2D eigenvalue weighted by atomic mass is 10.2. The molecule has 1 heterocycles. The number of para-hydroxylation sites is 1. The molecule has 2 rings (SSSR count). The van der Waals surface area contributed by atoms with Crippen molar-refractivity contribution in [2.45, 2.75) is 0 Å². The van der Waals surface area contributed by atoms with Crippen LogP contribution in [0.5, 0.6) is 0 Å². The number of nitrogens with zero attached hydrogens (tertiary/aromatic N) is 1. The van der Waals surface area contributed by atoms with Crippen molar-refractivity contribution in [2.75, 3.05) is 24.7 Å². The van der Waals surface area contributed by atoms with Crippen LogP contribution in [0.25, 0.3) is 10.9 Å². The molecule has 0 fully saturated rings. The molecule has 1 aromatic carbocycles. The van der Waals surface area contributed by atoms with Crippen molar-refractivity contribution in [1.29, 1.82) is 0 Å². The molecule has 0 aliphatic rings. The van der Waals surface area contributed by atoms with Crippen molar-refractivity contribution >= 4 is 22.4 Å². The van der Waals surface area contributed by atoms with E-state index in [2.05, 4.69) is 10.6 Å². The highest BCUT2D eigenvalue weighted by molar-refractivity contribution is 5.82. The Kier molecular flexibility index (Phi) is 2.33. The average molecular weight is 203 g/mol. The Morgan fingerprint density at radius 2 is 1.87 bits per heavy atom. The van der Waals surface area contributed by atoms with Crippen LogP contribution < -0.4 is 15.4 Å². The zero-order valence-corrected chi connectivity index (χ0v) is 8.74. The van der Waals surface area contributed by atoms with Crippen LogP contribution in [-0.2, 0) is 0 Å². The second kappa shape index (κ2) is 3.65. The predicted octanol–water partition coefficient (Wildman–Crippen LogP) is 1.56. The first-order valence-electron chi connectivity index (χ1n) is 4.78. The maximum absolute atomic E-state index is 12.0. The van der Waals surface area contributed by atoms with Crippen molar-refractivity contribution < 1.29 is 4.73 Å². The Balaban J connectivity index is 2.81. The van der Waals surface area contributed by atoms with E-state index in [4.69, 9.17) is 0 Å². The van der Waals surface area contributed by atoms with Crippen LogP contribution in [0, 0.1) is 5.21 Å². The van der Waals surface area contributed by atoms with Gasteiger partial charge in [-0.05, 0) is 12.1 Å². The maximum atomic E-state index is 12.0. The molecule has 2 N–H and O–H groups in total. The highest BCUT2D eigenvalue weighted by Gasteiger charge is 2.11. The standard InChI is InChI=1S/C11H13N3O/c1-12-9-7-8-5-3-4-6-10(8)14(15)11(9)13-2/h3-7,12-13H,1-2H3. The van der Waals surface area contributed by atoms with E-state index in [-0.39, 0.29) is 0 Å². The van der Waals surface area contributed by atoms with Crippen molar-refractivity contribution in [1.82, 2.24) is 0 Å². The molecule has 0 saturated carbocycles. The molecule has 0 bridgehead atoms. The summed E-state index contributed by atoms with van der Waals surface area (Å²) in [6, 6.07) is 9.46. The molecule has 0 amide bonds. The van der Waals surface area contributed by atoms with Crippen molar-refractivity contribution in [2.24, 2.45) is 0 Å². The summed E-state index contributed by atoms with van der Waals surface area (Å²) >= 11 is 0. The highest BCUT2D eigenvalue weighted by atomic mass is 16.5. The van der Waals surface area contributed by atoms with E-state index >= 15 is 0 Å². The van der Waals surface area contributed by atoms with Gasteiger partial charge in [0.15, 0.2) is 0 Å². The van der Waals surface area contributed by atoms with E-state index in [1.807, 2.05) is 30.3 Å². The van der Waals surface area contributed by atoms with Gasteiger partial charge in [0.05, 0.1) is 7.05 Å². The van der Waals surface area contributed by atoms with E-state index < -0.39 is 0 Å². The third-order valence-electron chi connectivity index (χ3n) is 2.42. The smallest absolute Gasteiger partial charge is 0.301 e. The summed E-state index contributed by atoms with van der Waals surface area (Å²) in [4.78, 5) is 0. The van der Waals surface area contributed by atoms with E-state index in [0.29, 0.717) is 11.3 Å². The highest BCUT2D eigenvalue weighted by Crippen LogP contribution is 2.21. The SMILES string of the molecule is CNc1cc2ccccc2[n+]([O-])c1NC. The first-order chi connectivity index (χ1) is 7.27. The molecule has 4 nitrogen and oxygen atoms in total. The number of hydrogen-bond donors (Lipinski definition) is 2. The second-order valence-electron chi connectivity index (χ2n) is 3.26. The summed E-state index contributed by atoms with van der Waals surface area (Å²) in [5.41, 5.74) is 1.46. The number of fused-ring (bicyclic) bond motifs is 1. The van der Waals surface area contributed by atoms with Gasteiger partial charge < -0.3 is 10.5 Å². The van der Waals surface area contributed by atoms with Crippen LogP contribution in [0.2, 0.25) is 0 Å².